The third kappa shape index (κ3) is 5.47. The molecule has 0 radical (unpaired) electrons. The van der Waals surface area contributed by atoms with Gasteiger partial charge in [-0.1, -0.05) is 35.3 Å². The zero-order valence-electron chi connectivity index (χ0n) is 18.9. The van der Waals surface area contributed by atoms with Crippen molar-refractivity contribution in [1.29, 1.82) is 0 Å². The van der Waals surface area contributed by atoms with Crippen LogP contribution in [0, 0.1) is 0 Å². The lowest BCUT2D eigenvalue weighted by molar-refractivity contribution is 0.0599. The fourth-order valence-electron chi connectivity index (χ4n) is 4.43. The van der Waals surface area contributed by atoms with Gasteiger partial charge in [-0.2, -0.15) is 0 Å². The van der Waals surface area contributed by atoms with Crippen molar-refractivity contribution in [2.24, 2.45) is 0 Å². The number of piperidine rings is 1. The van der Waals surface area contributed by atoms with Crippen molar-refractivity contribution in [3.8, 4) is 17.4 Å². The van der Waals surface area contributed by atoms with Crippen molar-refractivity contribution in [2.45, 2.75) is 31.5 Å². The summed E-state index contributed by atoms with van der Waals surface area (Å²) in [4.78, 5) is 2.26. The topological polar surface area (TPSA) is 105 Å². The average Bonchev–Trinajstić information content (AvgIpc) is 3.52. The highest BCUT2D eigenvalue weighted by atomic mass is 35.5. The van der Waals surface area contributed by atoms with Gasteiger partial charge in [-0.25, -0.2) is 0 Å². The van der Waals surface area contributed by atoms with Gasteiger partial charge in [0.25, 0.3) is 5.89 Å². The maximum absolute atomic E-state index is 10.6. The maximum atomic E-state index is 10.6. The summed E-state index contributed by atoms with van der Waals surface area (Å²) in [5, 5.41) is 29.3. The average molecular weight is 518 g/mol. The number of fused-ring (bicyclic) bond motifs is 1. The molecule has 4 aromatic rings. The van der Waals surface area contributed by atoms with Crippen molar-refractivity contribution in [1.82, 2.24) is 15.1 Å². The first-order chi connectivity index (χ1) is 17.0. The lowest BCUT2D eigenvalue weighted by Gasteiger charge is -2.33. The Morgan fingerprint density at radius 2 is 1.89 bits per heavy atom. The monoisotopic (exact) mass is 517 g/mol. The van der Waals surface area contributed by atoms with E-state index in [-0.39, 0.29) is 25.0 Å². The maximum Gasteiger partial charge on any atom is 0.283 e. The summed E-state index contributed by atoms with van der Waals surface area (Å²) >= 11 is 12.2. The molecule has 1 fully saturated rings. The van der Waals surface area contributed by atoms with Gasteiger partial charge in [-0.3, -0.25) is 0 Å². The molecule has 2 N–H and O–H groups in total. The third-order valence-electron chi connectivity index (χ3n) is 6.24. The normalized spacial score (nSPS) is 16.1. The second-order valence-corrected chi connectivity index (χ2v) is 9.47. The van der Waals surface area contributed by atoms with Crippen LogP contribution >= 0.6 is 23.2 Å². The first-order valence-electron chi connectivity index (χ1n) is 11.4. The lowest BCUT2D eigenvalue weighted by atomic mass is 9.89. The quantitative estimate of drug-likeness (QED) is 0.340. The Morgan fingerprint density at radius 1 is 1.06 bits per heavy atom. The summed E-state index contributed by atoms with van der Waals surface area (Å²) in [5.74, 6) is 1.71. The summed E-state index contributed by atoms with van der Waals surface area (Å²) in [6, 6.07) is 13.1. The van der Waals surface area contributed by atoms with E-state index in [2.05, 4.69) is 15.1 Å². The van der Waals surface area contributed by atoms with Gasteiger partial charge in [0, 0.05) is 12.6 Å². The molecule has 2 aromatic carbocycles. The molecule has 1 aliphatic heterocycles. The highest BCUT2D eigenvalue weighted by molar-refractivity contribution is 6.42. The standard InChI is InChI=1S/C25H25Cl2N3O5/c26-19-5-4-16(10-20(19)27)15-6-8-30(9-7-15)12-17(32)14-33-21-2-1-3-22-18(21)11-23(34-22)25-29-28-24(13-31)35-25/h1-5,10-11,15,17,31-32H,6-9,12-14H2. The number of benzene rings is 2. The molecule has 1 saturated heterocycles. The van der Waals surface area contributed by atoms with Gasteiger partial charge in [0.2, 0.25) is 5.89 Å². The minimum atomic E-state index is -0.638. The number of aromatic nitrogens is 2. The van der Waals surface area contributed by atoms with Crippen molar-refractivity contribution in [3.63, 3.8) is 0 Å². The Balaban J connectivity index is 1.16. The van der Waals surface area contributed by atoms with E-state index in [1.165, 1.54) is 5.56 Å². The number of likely N-dealkylation sites (tertiary alicyclic amines) is 1. The van der Waals surface area contributed by atoms with Crippen LogP contribution in [0.3, 0.4) is 0 Å². The van der Waals surface area contributed by atoms with Crippen molar-refractivity contribution >= 4 is 34.2 Å². The number of hydrogen-bond acceptors (Lipinski definition) is 8. The highest BCUT2D eigenvalue weighted by Gasteiger charge is 2.23. The Hall–Kier alpha value is -2.62. The van der Waals surface area contributed by atoms with Gasteiger partial charge in [-0.05, 0) is 61.7 Å². The fraction of sp³-hybridized carbons (Fsp3) is 0.360. The molecule has 1 aliphatic rings. The zero-order valence-corrected chi connectivity index (χ0v) is 20.4. The molecule has 5 rings (SSSR count). The number of halogens is 2. The van der Waals surface area contributed by atoms with Crippen LogP contribution in [0.4, 0.5) is 0 Å². The number of aliphatic hydroxyl groups is 2. The summed E-state index contributed by atoms with van der Waals surface area (Å²) in [7, 11) is 0. The van der Waals surface area contributed by atoms with Crippen LogP contribution in [0.15, 0.2) is 51.3 Å². The van der Waals surface area contributed by atoms with E-state index in [0.717, 1.165) is 31.3 Å². The van der Waals surface area contributed by atoms with Crippen LogP contribution in [-0.2, 0) is 6.61 Å². The Kier molecular flexibility index (Phi) is 7.27. The Bertz CT molecular complexity index is 1300. The zero-order chi connectivity index (χ0) is 24.4. The number of hydrogen-bond donors (Lipinski definition) is 2. The molecule has 184 valence electrons. The number of nitrogens with zero attached hydrogens (tertiary/aromatic N) is 3. The molecule has 2 aromatic heterocycles. The SMILES string of the molecule is OCc1nnc(-c2cc3c(OCC(O)CN4CCC(c5ccc(Cl)c(Cl)c5)CC4)cccc3o2)o1. The molecule has 35 heavy (non-hydrogen) atoms. The Morgan fingerprint density at radius 3 is 2.63 bits per heavy atom. The lowest BCUT2D eigenvalue weighted by Crippen LogP contribution is -2.40. The van der Waals surface area contributed by atoms with Gasteiger partial charge in [0.05, 0.1) is 15.4 Å². The van der Waals surface area contributed by atoms with Gasteiger partial charge in [0.1, 0.15) is 30.7 Å². The second-order valence-electron chi connectivity index (χ2n) is 8.65. The van der Waals surface area contributed by atoms with Crippen LogP contribution in [0.1, 0.15) is 30.2 Å². The third-order valence-corrected chi connectivity index (χ3v) is 6.98. The number of furan rings is 1. The molecule has 0 bridgehead atoms. The molecule has 10 heteroatoms. The summed E-state index contributed by atoms with van der Waals surface area (Å²) in [6.45, 7) is 2.13. The predicted molar refractivity (Wildman–Crippen MR) is 132 cm³/mol. The van der Waals surface area contributed by atoms with Gasteiger partial charge in [0.15, 0.2) is 5.76 Å². The summed E-state index contributed by atoms with van der Waals surface area (Å²) in [5.41, 5.74) is 1.81. The predicted octanol–water partition coefficient (Wildman–Crippen LogP) is 4.90. The number of ether oxygens (including phenoxy) is 1. The minimum absolute atomic E-state index is 0.112. The molecule has 1 unspecified atom stereocenters. The van der Waals surface area contributed by atoms with Gasteiger partial charge >= 0.3 is 0 Å². The van der Waals surface area contributed by atoms with Crippen LogP contribution in [-0.4, -0.2) is 57.7 Å². The van der Waals surface area contributed by atoms with E-state index >= 15 is 0 Å². The smallest absolute Gasteiger partial charge is 0.283 e. The van der Waals surface area contributed by atoms with Crippen molar-refractivity contribution < 1.29 is 23.8 Å². The highest BCUT2D eigenvalue weighted by Crippen LogP contribution is 2.34. The first kappa shape index (κ1) is 24.1. The molecular weight excluding hydrogens is 493 g/mol. The van der Waals surface area contributed by atoms with Gasteiger partial charge < -0.3 is 28.7 Å². The molecule has 0 aliphatic carbocycles. The van der Waals surface area contributed by atoms with E-state index in [0.29, 0.717) is 39.6 Å². The summed E-state index contributed by atoms with van der Waals surface area (Å²) in [6.07, 6.45) is 1.35. The molecule has 0 amide bonds. The van der Waals surface area contributed by atoms with Crippen LogP contribution in [0.25, 0.3) is 22.6 Å². The largest absolute Gasteiger partial charge is 0.490 e. The molecule has 0 saturated carbocycles. The van der Waals surface area contributed by atoms with E-state index in [9.17, 15) is 5.11 Å². The number of β-amino-alcohol motifs (C(OH)–C–C–N with tert-alkyl or cyclic N) is 1. The van der Waals surface area contributed by atoms with Crippen LogP contribution < -0.4 is 4.74 Å². The molecule has 0 spiro atoms. The molecule has 8 nitrogen and oxygen atoms in total. The van der Waals surface area contributed by atoms with E-state index in [1.54, 1.807) is 6.07 Å². The second kappa shape index (κ2) is 10.6. The molecule has 1 atom stereocenters. The summed E-state index contributed by atoms with van der Waals surface area (Å²) < 4.78 is 17.1. The van der Waals surface area contributed by atoms with Crippen molar-refractivity contribution in [2.75, 3.05) is 26.2 Å². The van der Waals surface area contributed by atoms with Gasteiger partial charge in [-0.15, -0.1) is 10.2 Å². The van der Waals surface area contributed by atoms with Crippen LogP contribution in [0.2, 0.25) is 10.0 Å². The first-order valence-corrected chi connectivity index (χ1v) is 12.2. The van der Waals surface area contributed by atoms with Crippen molar-refractivity contribution in [3.05, 3.63) is 64.0 Å². The number of aliphatic hydroxyl groups excluding tert-OH is 2. The fourth-order valence-corrected chi connectivity index (χ4v) is 4.74. The minimum Gasteiger partial charge on any atom is -0.490 e. The number of rotatable bonds is 8. The van der Waals surface area contributed by atoms with Crippen LogP contribution in [0.5, 0.6) is 5.75 Å². The molecule has 3 heterocycles. The van der Waals surface area contributed by atoms with E-state index in [4.69, 9.17) is 41.9 Å². The van der Waals surface area contributed by atoms with E-state index in [1.807, 2.05) is 36.4 Å². The Labute approximate surface area is 212 Å². The van der Waals surface area contributed by atoms with E-state index < -0.39 is 6.10 Å². The molecular formula is C25H25Cl2N3O5.